The van der Waals surface area contributed by atoms with E-state index in [1.54, 1.807) is 0 Å². The van der Waals surface area contributed by atoms with Gasteiger partial charge < -0.3 is 15.5 Å². The van der Waals surface area contributed by atoms with E-state index in [-0.39, 0.29) is 0 Å². The number of aromatic nitrogens is 1. The average molecular weight is 250 g/mol. The predicted molar refractivity (Wildman–Crippen MR) is 79.3 cm³/mol. The molecule has 0 spiro atoms. The normalized spacial score (nSPS) is 11.0. The second kappa shape index (κ2) is 7.93. The molecule has 2 N–H and O–H groups in total. The zero-order valence-electron chi connectivity index (χ0n) is 12.0. The van der Waals surface area contributed by atoms with Crippen LogP contribution in [0.1, 0.15) is 26.7 Å². The zero-order chi connectivity index (χ0) is 13.4. The molecule has 102 valence electrons. The molecule has 4 heteroatoms. The molecule has 0 saturated heterocycles. The second-order valence-electron chi connectivity index (χ2n) is 4.87. The molecule has 0 amide bonds. The van der Waals surface area contributed by atoms with E-state index >= 15 is 0 Å². The summed E-state index contributed by atoms with van der Waals surface area (Å²) in [5, 5.41) is 6.39. The Labute approximate surface area is 111 Å². The van der Waals surface area contributed by atoms with Gasteiger partial charge in [-0.1, -0.05) is 6.07 Å². The van der Waals surface area contributed by atoms with Crippen molar-refractivity contribution < 1.29 is 0 Å². The lowest BCUT2D eigenvalue weighted by Gasteiger charge is -2.20. The zero-order valence-corrected chi connectivity index (χ0v) is 12.0. The van der Waals surface area contributed by atoms with E-state index in [1.165, 1.54) is 12.8 Å². The molecular weight excluding hydrogens is 224 g/mol. The third kappa shape index (κ3) is 5.36. The van der Waals surface area contributed by atoms with E-state index < -0.39 is 0 Å². The Morgan fingerprint density at radius 3 is 2.61 bits per heavy atom. The van der Waals surface area contributed by atoms with Gasteiger partial charge >= 0.3 is 0 Å². The van der Waals surface area contributed by atoms with Gasteiger partial charge in [0.15, 0.2) is 0 Å². The highest BCUT2D eigenvalue weighted by atomic mass is 15.1. The summed E-state index contributed by atoms with van der Waals surface area (Å²) in [5.41, 5.74) is 0. The Kier molecular flexibility index (Phi) is 6.50. The number of hydrogen-bond acceptors (Lipinski definition) is 4. The van der Waals surface area contributed by atoms with Crippen LogP contribution in [0.15, 0.2) is 18.2 Å². The van der Waals surface area contributed by atoms with Crippen LogP contribution in [-0.4, -0.2) is 43.1 Å². The Bertz CT molecular complexity index is 338. The Morgan fingerprint density at radius 2 is 1.94 bits per heavy atom. The van der Waals surface area contributed by atoms with Crippen molar-refractivity contribution in [1.29, 1.82) is 0 Å². The summed E-state index contributed by atoms with van der Waals surface area (Å²) in [6, 6.07) is 6.60. The molecule has 0 bridgehead atoms. The standard InChI is InChI=1S/C14H26N4/c1-12(2)18(4)11-6-5-10-16-14-9-7-8-13(15-3)17-14/h7-9,12H,5-6,10-11H2,1-4H3,(H2,15,16,17). The second-order valence-corrected chi connectivity index (χ2v) is 4.87. The van der Waals surface area contributed by atoms with Gasteiger partial charge in [0.1, 0.15) is 11.6 Å². The molecule has 0 atom stereocenters. The predicted octanol–water partition coefficient (Wildman–Crippen LogP) is 2.66. The largest absolute Gasteiger partial charge is 0.373 e. The minimum absolute atomic E-state index is 0.631. The number of anilines is 2. The van der Waals surface area contributed by atoms with Crippen molar-refractivity contribution in [2.45, 2.75) is 32.7 Å². The molecule has 0 saturated carbocycles. The van der Waals surface area contributed by atoms with Crippen molar-refractivity contribution in [1.82, 2.24) is 9.88 Å². The fourth-order valence-corrected chi connectivity index (χ4v) is 1.63. The first kappa shape index (κ1) is 14.8. The van der Waals surface area contributed by atoms with Crippen molar-refractivity contribution in [2.75, 3.05) is 37.8 Å². The maximum atomic E-state index is 4.42. The first-order valence-electron chi connectivity index (χ1n) is 6.72. The van der Waals surface area contributed by atoms with Gasteiger partial charge in [-0.15, -0.1) is 0 Å². The van der Waals surface area contributed by atoms with E-state index in [1.807, 2.05) is 25.2 Å². The number of hydrogen-bond donors (Lipinski definition) is 2. The summed E-state index contributed by atoms with van der Waals surface area (Å²) in [4.78, 5) is 6.79. The highest BCUT2D eigenvalue weighted by molar-refractivity contribution is 5.44. The number of unbranched alkanes of at least 4 members (excludes halogenated alkanes) is 1. The highest BCUT2D eigenvalue weighted by Crippen LogP contribution is 2.08. The number of rotatable bonds is 8. The first-order valence-corrected chi connectivity index (χ1v) is 6.72. The summed E-state index contributed by atoms with van der Waals surface area (Å²) in [7, 11) is 4.06. The van der Waals surface area contributed by atoms with Gasteiger partial charge in [-0.2, -0.15) is 0 Å². The molecule has 0 unspecified atom stereocenters. The molecule has 0 aliphatic rings. The summed E-state index contributed by atoms with van der Waals surface area (Å²) < 4.78 is 0. The minimum Gasteiger partial charge on any atom is -0.373 e. The van der Waals surface area contributed by atoms with Crippen LogP contribution in [0.25, 0.3) is 0 Å². The van der Waals surface area contributed by atoms with Crippen LogP contribution in [0.2, 0.25) is 0 Å². The molecule has 1 heterocycles. The Balaban J connectivity index is 2.17. The van der Waals surface area contributed by atoms with Gasteiger partial charge in [-0.3, -0.25) is 0 Å². The molecule has 0 radical (unpaired) electrons. The van der Waals surface area contributed by atoms with Gasteiger partial charge in [0.2, 0.25) is 0 Å². The van der Waals surface area contributed by atoms with Crippen LogP contribution < -0.4 is 10.6 Å². The quantitative estimate of drug-likeness (QED) is 0.696. The monoisotopic (exact) mass is 250 g/mol. The summed E-state index contributed by atoms with van der Waals surface area (Å²) >= 11 is 0. The number of nitrogens with zero attached hydrogens (tertiary/aromatic N) is 2. The maximum Gasteiger partial charge on any atom is 0.128 e. The third-order valence-corrected chi connectivity index (χ3v) is 3.13. The van der Waals surface area contributed by atoms with Gasteiger partial charge in [-0.25, -0.2) is 4.98 Å². The lowest BCUT2D eigenvalue weighted by atomic mass is 10.2. The van der Waals surface area contributed by atoms with Crippen LogP contribution in [0.3, 0.4) is 0 Å². The van der Waals surface area contributed by atoms with Crippen molar-refractivity contribution >= 4 is 11.6 Å². The number of pyridine rings is 1. The topological polar surface area (TPSA) is 40.2 Å². The Hall–Kier alpha value is -1.29. The van der Waals surface area contributed by atoms with E-state index in [2.05, 4.69) is 41.4 Å². The van der Waals surface area contributed by atoms with Crippen LogP contribution >= 0.6 is 0 Å². The van der Waals surface area contributed by atoms with Crippen LogP contribution in [-0.2, 0) is 0 Å². The van der Waals surface area contributed by atoms with Gasteiger partial charge in [0.25, 0.3) is 0 Å². The van der Waals surface area contributed by atoms with Crippen molar-refractivity contribution in [3.63, 3.8) is 0 Å². The molecule has 1 aromatic rings. The third-order valence-electron chi connectivity index (χ3n) is 3.13. The van der Waals surface area contributed by atoms with Crippen LogP contribution in [0.4, 0.5) is 11.6 Å². The number of nitrogens with one attached hydrogen (secondary N) is 2. The molecular formula is C14H26N4. The van der Waals surface area contributed by atoms with Crippen molar-refractivity contribution in [3.8, 4) is 0 Å². The Morgan fingerprint density at radius 1 is 1.22 bits per heavy atom. The molecule has 1 rings (SSSR count). The van der Waals surface area contributed by atoms with E-state index in [9.17, 15) is 0 Å². The fourth-order valence-electron chi connectivity index (χ4n) is 1.63. The minimum atomic E-state index is 0.631. The van der Waals surface area contributed by atoms with Gasteiger partial charge in [0, 0.05) is 19.6 Å². The molecule has 1 aromatic heterocycles. The van der Waals surface area contributed by atoms with E-state index in [0.717, 1.165) is 24.7 Å². The molecule has 0 aliphatic heterocycles. The smallest absolute Gasteiger partial charge is 0.128 e. The summed E-state index contributed by atoms with van der Waals surface area (Å²) in [5.74, 6) is 1.85. The fraction of sp³-hybridized carbons (Fsp3) is 0.643. The van der Waals surface area contributed by atoms with Gasteiger partial charge in [-0.05, 0) is 52.4 Å². The molecule has 4 nitrogen and oxygen atoms in total. The lowest BCUT2D eigenvalue weighted by Crippen LogP contribution is -2.27. The van der Waals surface area contributed by atoms with E-state index in [4.69, 9.17) is 0 Å². The molecule has 0 fully saturated rings. The van der Waals surface area contributed by atoms with E-state index in [0.29, 0.717) is 6.04 Å². The summed E-state index contributed by atoms with van der Waals surface area (Å²) in [6.07, 6.45) is 2.38. The van der Waals surface area contributed by atoms with Crippen LogP contribution in [0.5, 0.6) is 0 Å². The maximum absolute atomic E-state index is 4.42. The highest BCUT2D eigenvalue weighted by Gasteiger charge is 2.01. The van der Waals surface area contributed by atoms with Crippen LogP contribution in [0, 0.1) is 0 Å². The average Bonchev–Trinajstić information content (AvgIpc) is 2.38. The molecule has 0 aromatic carbocycles. The van der Waals surface area contributed by atoms with Gasteiger partial charge in [0.05, 0.1) is 0 Å². The SMILES string of the molecule is CNc1cccc(NCCCCN(C)C(C)C)n1. The molecule has 0 aliphatic carbocycles. The molecule has 18 heavy (non-hydrogen) atoms. The van der Waals surface area contributed by atoms with Crippen molar-refractivity contribution in [3.05, 3.63) is 18.2 Å². The first-order chi connectivity index (χ1) is 8.63. The lowest BCUT2D eigenvalue weighted by molar-refractivity contribution is 0.269. The van der Waals surface area contributed by atoms with Crippen molar-refractivity contribution in [2.24, 2.45) is 0 Å². The summed E-state index contributed by atoms with van der Waals surface area (Å²) in [6.45, 7) is 6.59.